The van der Waals surface area contributed by atoms with Crippen molar-refractivity contribution in [3.8, 4) is 33.6 Å². The van der Waals surface area contributed by atoms with Crippen LogP contribution in [0, 0.1) is 0 Å². The third-order valence-corrected chi connectivity index (χ3v) is 11.1. The van der Waals surface area contributed by atoms with Gasteiger partial charge in [-0.3, -0.25) is 8.97 Å². The topological polar surface area (TPSA) is 40.3 Å². The van der Waals surface area contributed by atoms with Crippen LogP contribution in [0.4, 0.5) is 0 Å². The molecular formula is C49H30N4O. The third-order valence-electron chi connectivity index (χ3n) is 11.1. The van der Waals surface area contributed by atoms with Gasteiger partial charge in [0.05, 0.1) is 33.1 Å². The molecule has 0 saturated carbocycles. The summed E-state index contributed by atoms with van der Waals surface area (Å²) in [5, 5.41) is 4.71. The maximum absolute atomic E-state index is 6.38. The van der Waals surface area contributed by atoms with Gasteiger partial charge in [0, 0.05) is 44.0 Å². The number of furan rings is 1. The second kappa shape index (κ2) is 11.1. The van der Waals surface area contributed by atoms with Crippen molar-refractivity contribution < 1.29 is 4.42 Å². The second-order valence-electron chi connectivity index (χ2n) is 14.0. The predicted molar refractivity (Wildman–Crippen MR) is 222 cm³/mol. The van der Waals surface area contributed by atoms with Crippen LogP contribution >= 0.6 is 0 Å². The molecule has 54 heavy (non-hydrogen) atoms. The van der Waals surface area contributed by atoms with Gasteiger partial charge in [0.25, 0.3) is 0 Å². The van der Waals surface area contributed by atoms with Crippen LogP contribution in [0.5, 0.6) is 0 Å². The molecule has 0 aliphatic heterocycles. The van der Waals surface area contributed by atoms with Crippen molar-refractivity contribution in [1.29, 1.82) is 0 Å². The molecule has 12 rings (SSSR count). The quantitative estimate of drug-likeness (QED) is 0.184. The second-order valence-corrected chi connectivity index (χ2v) is 14.0. The minimum atomic E-state index is 0.905. The summed E-state index contributed by atoms with van der Waals surface area (Å²) >= 11 is 0. The van der Waals surface area contributed by atoms with Gasteiger partial charge in [0.15, 0.2) is 0 Å². The van der Waals surface area contributed by atoms with Crippen molar-refractivity contribution in [3.63, 3.8) is 0 Å². The fourth-order valence-corrected chi connectivity index (χ4v) is 8.69. The Bertz CT molecular complexity index is 3430. The molecule has 0 radical (unpaired) electrons. The average Bonchev–Trinajstić information content (AvgIpc) is 3.98. The summed E-state index contributed by atoms with van der Waals surface area (Å²) in [7, 11) is 0. The van der Waals surface area contributed by atoms with Gasteiger partial charge in [-0.1, -0.05) is 115 Å². The number of para-hydroxylation sites is 7. The van der Waals surface area contributed by atoms with E-state index >= 15 is 0 Å². The normalized spacial score (nSPS) is 12.1. The van der Waals surface area contributed by atoms with Gasteiger partial charge in [-0.25, -0.2) is 4.98 Å². The van der Waals surface area contributed by atoms with Crippen LogP contribution in [-0.2, 0) is 0 Å². The highest BCUT2D eigenvalue weighted by atomic mass is 16.3. The van der Waals surface area contributed by atoms with Gasteiger partial charge in [-0.05, 0) is 77.9 Å². The fourth-order valence-electron chi connectivity index (χ4n) is 8.69. The highest BCUT2D eigenvalue weighted by Crippen LogP contribution is 2.40. The molecule has 4 heterocycles. The molecule has 0 aliphatic carbocycles. The zero-order valence-electron chi connectivity index (χ0n) is 29.0. The zero-order chi connectivity index (χ0) is 35.3. The number of hydrogen-bond acceptors (Lipinski definition) is 2. The molecule has 0 unspecified atom stereocenters. The Kier molecular flexibility index (Phi) is 5.99. The molecule has 5 heteroatoms. The first kappa shape index (κ1) is 29.2. The lowest BCUT2D eigenvalue weighted by Crippen LogP contribution is -1.94. The van der Waals surface area contributed by atoms with E-state index < -0.39 is 0 Å². The lowest BCUT2D eigenvalue weighted by atomic mass is 10.0. The summed E-state index contributed by atoms with van der Waals surface area (Å²) in [5.41, 5.74) is 15.2. The SMILES string of the molecule is c1ccc(-n2c3ccccc3n3c4c(-c5ccc6c(c5)c5ccccc5n6-c5ccc(-c6cccc7c6oc6ccccc67)cc5)cccc4nc23)cc1. The van der Waals surface area contributed by atoms with Crippen molar-refractivity contribution in [1.82, 2.24) is 18.5 Å². The largest absolute Gasteiger partial charge is 0.455 e. The van der Waals surface area contributed by atoms with E-state index in [0.29, 0.717) is 0 Å². The predicted octanol–water partition coefficient (Wildman–Crippen LogP) is 12.8. The van der Waals surface area contributed by atoms with Crippen molar-refractivity contribution in [3.05, 3.63) is 182 Å². The maximum Gasteiger partial charge on any atom is 0.220 e. The number of aromatic nitrogens is 4. The van der Waals surface area contributed by atoms with E-state index in [9.17, 15) is 0 Å². The number of fused-ring (bicyclic) bond motifs is 11. The monoisotopic (exact) mass is 690 g/mol. The highest BCUT2D eigenvalue weighted by molar-refractivity contribution is 6.12. The Labute approximate surface area is 309 Å². The number of hydrogen-bond donors (Lipinski definition) is 0. The third kappa shape index (κ3) is 4.06. The van der Waals surface area contributed by atoms with Crippen LogP contribution in [0.15, 0.2) is 186 Å². The molecular weight excluding hydrogens is 661 g/mol. The van der Waals surface area contributed by atoms with Crippen molar-refractivity contribution in [2.45, 2.75) is 0 Å². The Morgan fingerprint density at radius 3 is 1.93 bits per heavy atom. The summed E-state index contributed by atoms with van der Waals surface area (Å²) < 4.78 is 13.3. The molecule has 0 fully saturated rings. The molecule has 8 aromatic carbocycles. The molecule has 12 aromatic rings. The van der Waals surface area contributed by atoms with Crippen LogP contribution in [0.1, 0.15) is 0 Å². The summed E-state index contributed by atoms with van der Waals surface area (Å²) in [5.74, 6) is 0.905. The Balaban J connectivity index is 1.03. The molecule has 252 valence electrons. The molecule has 0 saturated heterocycles. The van der Waals surface area contributed by atoms with Crippen LogP contribution in [0.25, 0.3) is 105 Å². The summed E-state index contributed by atoms with van der Waals surface area (Å²) in [6.07, 6.45) is 0. The molecule has 0 atom stereocenters. The van der Waals surface area contributed by atoms with Crippen LogP contribution < -0.4 is 0 Å². The molecule has 0 aliphatic rings. The Morgan fingerprint density at radius 1 is 0.407 bits per heavy atom. The van der Waals surface area contributed by atoms with Crippen molar-refractivity contribution >= 4 is 71.6 Å². The number of imidazole rings is 2. The van der Waals surface area contributed by atoms with E-state index in [1.165, 1.54) is 21.8 Å². The fraction of sp³-hybridized carbons (Fsp3) is 0. The van der Waals surface area contributed by atoms with Gasteiger partial charge >= 0.3 is 0 Å². The first-order valence-corrected chi connectivity index (χ1v) is 18.3. The van der Waals surface area contributed by atoms with E-state index in [1.54, 1.807) is 0 Å². The lowest BCUT2D eigenvalue weighted by molar-refractivity contribution is 0.670. The van der Waals surface area contributed by atoms with Crippen molar-refractivity contribution in [2.75, 3.05) is 0 Å². The van der Waals surface area contributed by atoms with Gasteiger partial charge in [0.1, 0.15) is 11.2 Å². The van der Waals surface area contributed by atoms with Crippen LogP contribution in [-0.4, -0.2) is 18.5 Å². The number of rotatable bonds is 4. The number of benzene rings is 8. The van der Waals surface area contributed by atoms with Crippen LogP contribution in [0.2, 0.25) is 0 Å². The van der Waals surface area contributed by atoms with E-state index in [2.05, 4.69) is 183 Å². The molecule has 0 bridgehead atoms. The molecule has 5 nitrogen and oxygen atoms in total. The molecule has 0 spiro atoms. The van der Waals surface area contributed by atoms with E-state index in [4.69, 9.17) is 9.40 Å². The standard InChI is InChI=1S/C49H30N4O/c1-2-12-33(13-3-1)52-44-21-7-8-22-45(44)53-47-35(16-11-19-41(47)50-49(52)53)32-26-29-43-40(30-32)37-14-4-6-20-42(37)51(43)34-27-24-31(25-28-34)36-17-10-18-39-38-15-5-9-23-46(38)54-48(36)39/h1-30H. The first-order chi connectivity index (χ1) is 26.8. The summed E-state index contributed by atoms with van der Waals surface area (Å²) in [6, 6.07) is 64.7. The minimum Gasteiger partial charge on any atom is -0.455 e. The minimum absolute atomic E-state index is 0.905. The zero-order valence-corrected chi connectivity index (χ0v) is 29.0. The van der Waals surface area contributed by atoms with Crippen molar-refractivity contribution in [2.24, 2.45) is 0 Å². The smallest absolute Gasteiger partial charge is 0.220 e. The maximum atomic E-state index is 6.38. The van der Waals surface area contributed by atoms with E-state index in [0.717, 1.165) is 83.4 Å². The van der Waals surface area contributed by atoms with Gasteiger partial charge < -0.3 is 8.98 Å². The number of nitrogens with zero attached hydrogens (tertiary/aromatic N) is 4. The Morgan fingerprint density at radius 2 is 1.06 bits per heavy atom. The van der Waals surface area contributed by atoms with Gasteiger partial charge in [-0.2, -0.15) is 0 Å². The molecule has 0 N–H and O–H groups in total. The van der Waals surface area contributed by atoms with E-state index in [-0.39, 0.29) is 0 Å². The summed E-state index contributed by atoms with van der Waals surface area (Å²) in [4.78, 5) is 5.24. The van der Waals surface area contributed by atoms with Crippen LogP contribution in [0.3, 0.4) is 0 Å². The lowest BCUT2D eigenvalue weighted by Gasteiger charge is -2.10. The van der Waals surface area contributed by atoms with Gasteiger partial charge in [-0.15, -0.1) is 0 Å². The molecule has 4 aromatic heterocycles. The van der Waals surface area contributed by atoms with Gasteiger partial charge in [0.2, 0.25) is 5.78 Å². The highest BCUT2D eigenvalue weighted by Gasteiger charge is 2.21. The van der Waals surface area contributed by atoms with E-state index in [1.807, 2.05) is 12.1 Å². The Hall–Kier alpha value is -7.37. The first-order valence-electron chi connectivity index (χ1n) is 18.3. The molecule has 0 amide bonds. The average molecular weight is 691 g/mol. The summed E-state index contributed by atoms with van der Waals surface area (Å²) in [6.45, 7) is 0.